The number of hydrogen-bond donors (Lipinski definition) is 2. The first-order valence-corrected chi connectivity index (χ1v) is 8.77. The summed E-state index contributed by atoms with van der Waals surface area (Å²) in [6, 6.07) is 13.2. The van der Waals surface area contributed by atoms with Gasteiger partial charge in [0.25, 0.3) is 5.91 Å². The summed E-state index contributed by atoms with van der Waals surface area (Å²) < 4.78 is 12.9. The molecule has 0 radical (unpaired) electrons. The van der Waals surface area contributed by atoms with Crippen LogP contribution < -0.4 is 10.6 Å². The fraction of sp³-hybridized carbons (Fsp3) is 0.150. The number of benzene rings is 2. The van der Waals surface area contributed by atoms with Crippen LogP contribution in [-0.2, 0) is 6.42 Å². The minimum absolute atomic E-state index is 0.244. The predicted molar refractivity (Wildman–Crippen MR) is 105 cm³/mol. The number of nitrogens with zero attached hydrogens (tertiary/aromatic N) is 2. The molecule has 5 nitrogen and oxygen atoms in total. The van der Waals surface area contributed by atoms with Gasteiger partial charge in [0, 0.05) is 23.3 Å². The van der Waals surface area contributed by atoms with Crippen LogP contribution in [0, 0.1) is 12.7 Å². The SMILES string of the molecule is Cc1c(Cl)cccc1NC(=O)c1cc(NCCc2ccc(F)cc2)ncn1. The van der Waals surface area contributed by atoms with E-state index in [2.05, 4.69) is 20.6 Å². The summed E-state index contributed by atoms with van der Waals surface area (Å²) in [5.41, 5.74) is 2.68. The van der Waals surface area contributed by atoms with E-state index in [0.717, 1.165) is 11.1 Å². The molecule has 2 N–H and O–H groups in total. The molecule has 27 heavy (non-hydrogen) atoms. The zero-order valence-corrected chi connectivity index (χ0v) is 15.4. The molecule has 138 valence electrons. The predicted octanol–water partition coefficient (Wildman–Crippen LogP) is 4.48. The summed E-state index contributed by atoms with van der Waals surface area (Å²) in [5, 5.41) is 6.53. The van der Waals surface area contributed by atoms with Gasteiger partial charge in [0.05, 0.1) is 0 Å². The highest BCUT2D eigenvalue weighted by Gasteiger charge is 2.11. The maximum Gasteiger partial charge on any atom is 0.274 e. The molecule has 1 heterocycles. The van der Waals surface area contributed by atoms with Gasteiger partial charge >= 0.3 is 0 Å². The lowest BCUT2D eigenvalue weighted by molar-refractivity contribution is 0.102. The van der Waals surface area contributed by atoms with Gasteiger partial charge in [0.1, 0.15) is 23.7 Å². The lowest BCUT2D eigenvalue weighted by atomic mass is 10.1. The lowest BCUT2D eigenvalue weighted by Gasteiger charge is -2.10. The van der Waals surface area contributed by atoms with Crippen molar-refractivity contribution >= 4 is 29.0 Å². The van der Waals surface area contributed by atoms with Crippen molar-refractivity contribution in [2.24, 2.45) is 0 Å². The number of rotatable bonds is 6. The van der Waals surface area contributed by atoms with Gasteiger partial charge in [-0.05, 0) is 48.7 Å². The maximum absolute atomic E-state index is 12.9. The number of aromatic nitrogens is 2. The van der Waals surface area contributed by atoms with E-state index < -0.39 is 0 Å². The Balaban J connectivity index is 1.61. The number of anilines is 2. The minimum Gasteiger partial charge on any atom is -0.370 e. The Morgan fingerprint density at radius 2 is 1.93 bits per heavy atom. The van der Waals surface area contributed by atoms with Gasteiger partial charge in [-0.2, -0.15) is 0 Å². The maximum atomic E-state index is 12.9. The van der Waals surface area contributed by atoms with Crippen molar-refractivity contribution in [2.75, 3.05) is 17.2 Å². The summed E-state index contributed by atoms with van der Waals surface area (Å²) in [7, 11) is 0. The van der Waals surface area contributed by atoms with Crippen molar-refractivity contribution in [3.8, 4) is 0 Å². The number of carbonyl (C=O) groups is 1. The molecule has 0 fully saturated rings. The molecule has 3 rings (SSSR count). The Morgan fingerprint density at radius 3 is 2.70 bits per heavy atom. The van der Waals surface area contributed by atoms with Crippen molar-refractivity contribution in [3.63, 3.8) is 0 Å². The van der Waals surface area contributed by atoms with E-state index in [-0.39, 0.29) is 17.4 Å². The average molecular weight is 385 g/mol. The molecule has 0 bridgehead atoms. The highest BCUT2D eigenvalue weighted by Crippen LogP contribution is 2.23. The van der Waals surface area contributed by atoms with Gasteiger partial charge in [-0.3, -0.25) is 4.79 Å². The fourth-order valence-corrected chi connectivity index (χ4v) is 2.67. The van der Waals surface area contributed by atoms with Crippen molar-refractivity contribution in [3.05, 3.63) is 82.5 Å². The first kappa shape index (κ1) is 18.8. The lowest BCUT2D eigenvalue weighted by Crippen LogP contribution is -2.16. The third-order valence-corrected chi connectivity index (χ3v) is 4.46. The van der Waals surface area contributed by atoms with Crippen LogP contribution in [0.15, 0.2) is 54.9 Å². The smallest absolute Gasteiger partial charge is 0.274 e. The fourth-order valence-electron chi connectivity index (χ4n) is 2.49. The van der Waals surface area contributed by atoms with E-state index in [0.29, 0.717) is 29.5 Å². The number of hydrogen-bond acceptors (Lipinski definition) is 4. The molecule has 1 amide bonds. The van der Waals surface area contributed by atoms with Gasteiger partial charge in [-0.25, -0.2) is 14.4 Å². The highest BCUT2D eigenvalue weighted by atomic mass is 35.5. The number of halogens is 2. The van der Waals surface area contributed by atoms with Crippen LogP contribution in [0.4, 0.5) is 15.9 Å². The second-order valence-electron chi connectivity index (χ2n) is 5.96. The van der Waals surface area contributed by atoms with Crippen LogP contribution >= 0.6 is 11.6 Å². The molecule has 0 aliphatic carbocycles. The minimum atomic E-state index is -0.343. The van der Waals surface area contributed by atoms with E-state index in [4.69, 9.17) is 11.6 Å². The van der Waals surface area contributed by atoms with Crippen LogP contribution in [0.25, 0.3) is 0 Å². The Bertz CT molecular complexity index is 947. The number of carbonyl (C=O) groups excluding carboxylic acids is 1. The average Bonchev–Trinajstić information content (AvgIpc) is 2.67. The molecule has 0 saturated carbocycles. The van der Waals surface area contributed by atoms with Crippen LogP contribution in [0.3, 0.4) is 0 Å². The topological polar surface area (TPSA) is 66.9 Å². The van der Waals surface area contributed by atoms with Gasteiger partial charge in [-0.15, -0.1) is 0 Å². The monoisotopic (exact) mass is 384 g/mol. The molecule has 1 aromatic heterocycles. The third kappa shape index (κ3) is 5.01. The van der Waals surface area contributed by atoms with E-state index in [1.807, 2.05) is 6.92 Å². The van der Waals surface area contributed by atoms with Crippen LogP contribution in [0.5, 0.6) is 0 Å². The molecule has 0 atom stereocenters. The largest absolute Gasteiger partial charge is 0.370 e. The third-order valence-electron chi connectivity index (χ3n) is 4.05. The molecule has 2 aromatic carbocycles. The van der Waals surface area contributed by atoms with E-state index in [9.17, 15) is 9.18 Å². The standard InChI is InChI=1S/C20H18ClFN4O/c1-13-16(21)3-2-4-17(13)26-20(27)18-11-19(25-12-24-18)23-10-9-14-5-7-15(22)8-6-14/h2-8,11-12H,9-10H2,1H3,(H,26,27)(H,23,24,25). The summed E-state index contributed by atoms with van der Waals surface area (Å²) in [6.45, 7) is 2.43. The van der Waals surface area contributed by atoms with Crippen molar-refractivity contribution in [1.29, 1.82) is 0 Å². The quantitative estimate of drug-likeness (QED) is 0.657. The van der Waals surface area contributed by atoms with E-state index >= 15 is 0 Å². The van der Waals surface area contributed by atoms with E-state index in [1.165, 1.54) is 18.5 Å². The van der Waals surface area contributed by atoms with Crippen LogP contribution in [-0.4, -0.2) is 22.4 Å². The van der Waals surface area contributed by atoms with Crippen LogP contribution in [0.2, 0.25) is 5.02 Å². The van der Waals surface area contributed by atoms with Gasteiger partial charge < -0.3 is 10.6 Å². The van der Waals surface area contributed by atoms with Gasteiger partial charge in [-0.1, -0.05) is 29.8 Å². The Morgan fingerprint density at radius 1 is 1.15 bits per heavy atom. The molecular formula is C20H18ClFN4O. The first-order valence-electron chi connectivity index (χ1n) is 8.40. The molecular weight excluding hydrogens is 367 g/mol. The van der Waals surface area contributed by atoms with Crippen LogP contribution in [0.1, 0.15) is 21.6 Å². The number of nitrogens with one attached hydrogen (secondary N) is 2. The Hall–Kier alpha value is -2.99. The zero-order chi connectivity index (χ0) is 19.2. The zero-order valence-electron chi connectivity index (χ0n) is 14.7. The molecule has 0 unspecified atom stereocenters. The molecule has 7 heteroatoms. The normalized spacial score (nSPS) is 10.5. The summed E-state index contributed by atoms with van der Waals surface area (Å²) >= 11 is 6.08. The summed E-state index contributed by atoms with van der Waals surface area (Å²) in [6.07, 6.45) is 2.04. The first-order chi connectivity index (χ1) is 13.0. The number of amides is 1. The summed E-state index contributed by atoms with van der Waals surface area (Å²) in [5.74, 6) is -0.0578. The summed E-state index contributed by atoms with van der Waals surface area (Å²) in [4.78, 5) is 20.6. The Labute approximate surface area is 161 Å². The second kappa shape index (κ2) is 8.60. The Kier molecular flexibility index (Phi) is 5.98. The molecule has 0 spiro atoms. The second-order valence-corrected chi connectivity index (χ2v) is 6.37. The van der Waals surface area contributed by atoms with Crippen molar-refractivity contribution in [1.82, 2.24) is 9.97 Å². The van der Waals surface area contributed by atoms with E-state index in [1.54, 1.807) is 36.4 Å². The molecule has 0 aliphatic heterocycles. The molecule has 0 saturated heterocycles. The highest BCUT2D eigenvalue weighted by molar-refractivity contribution is 6.31. The van der Waals surface area contributed by atoms with Gasteiger partial charge in [0.2, 0.25) is 0 Å². The van der Waals surface area contributed by atoms with Crippen molar-refractivity contribution < 1.29 is 9.18 Å². The molecule has 0 aliphatic rings. The van der Waals surface area contributed by atoms with Crippen molar-refractivity contribution in [2.45, 2.75) is 13.3 Å². The molecule has 3 aromatic rings. The van der Waals surface area contributed by atoms with Gasteiger partial charge in [0.15, 0.2) is 0 Å².